The van der Waals surface area contributed by atoms with Crippen LogP contribution in [0.1, 0.15) is 11.1 Å². The molecule has 150 valence electrons. The molecular formula is C21H28N4O3. The topological polar surface area (TPSA) is 75.2 Å². The Morgan fingerprint density at radius 3 is 2.32 bits per heavy atom. The third kappa shape index (κ3) is 6.83. The number of nitrogens with one attached hydrogen (secondary N) is 2. The standard InChI is InChI=1S/C21H28N4O3/c1-25(2)20(26)15-24-21(22-13-16-8-10-18(27-3)11-9-16)23-14-17-6-5-7-19(12-17)28-4/h5-12H,13-15H2,1-4H3,(H2,22,23,24). The van der Waals surface area contributed by atoms with Gasteiger partial charge in [0.1, 0.15) is 11.5 Å². The van der Waals surface area contributed by atoms with Gasteiger partial charge in [0.2, 0.25) is 5.91 Å². The van der Waals surface area contributed by atoms with E-state index in [-0.39, 0.29) is 12.5 Å². The van der Waals surface area contributed by atoms with Gasteiger partial charge in [0.05, 0.1) is 27.3 Å². The van der Waals surface area contributed by atoms with E-state index in [1.807, 2.05) is 48.5 Å². The van der Waals surface area contributed by atoms with Crippen molar-refractivity contribution < 1.29 is 14.3 Å². The molecule has 0 fully saturated rings. The Labute approximate surface area is 166 Å². The van der Waals surface area contributed by atoms with Gasteiger partial charge in [-0.3, -0.25) is 4.79 Å². The van der Waals surface area contributed by atoms with Crippen LogP contribution >= 0.6 is 0 Å². The summed E-state index contributed by atoms with van der Waals surface area (Å²) < 4.78 is 10.4. The Morgan fingerprint density at radius 2 is 1.68 bits per heavy atom. The van der Waals surface area contributed by atoms with Crippen molar-refractivity contribution in [2.24, 2.45) is 4.99 Å². The SMILES string of the molecule is COc1ccc(CNC(=NCc2cccc(OC)c2)NCC(=O)N(C)C)cc1. The van der Waals surface area contributed by atoms with Crippen LogP contribution in [0.4, 0.5) is 0 Å². The van der Waals surface area contributed by atoms with Crippen molar-refractivity contribution in [2.45, 2.75) is 13.1 Å². The quantitative estimate of drug-likeness (QED) is 0.538. The number of ether oxygens (including phenoxy) is 2. The number of rotatable bonds is 8. The number of aliphatic imine (C=N–C) groups is 1. The Kier molecular flexibility index (Phi) is 8.14. The number of likely N-dealkylation sites (N-methyl/N-ethyl adjacent to an activating group) is 1. The third-order valence-electron chi connectivity index (χ3n) is 4.08. The molecule has 7 nitrogen and oxygen atoms in total. The first kappa shape index (κ1) is 21.1. The fourth-order valence-corrected chi connectivity index (χ4v) is 2.36. The number of hydrogen-bond donors (Lipinski definition) is 2. The molecule has 0 aliphatic rings. The lowest BCUT2D eigenvalue weighted by molar-refractivity contribution is -0.127. The average molecular weight is 384 g/mol. The summed E-state index contributed by atoms with van der Waals surface area (Å²) >= 11 is 0. The van der Waals surface area contributed by atoms with E-state index >= 15 is 0 Å². The molecule has 0 bridgehead atoms. The Bertz CT molecular complexity index is 788. The lowest BCUT2D eigenvalue weighted by Crippen LogP contribution is -2.42. The van der Waals surface area contributed by atoms with E-state index in [9.17, 15) is 4.79 Å². The summed E-state index contributed by atoms with van der Waals surface area (Å²) in [4.78, 5) is 18.0. The highest BCUT2D eigenvalue weighted by molar-refractivity contribution is 5.86. The minimum Gasteiger partial charge on any atom is -0.497 e. The van der Waals surface area contributed by atoms with Crippen LogP contribution in [0.5, 0.6) is 11.5 Å². The number of benzene rings is 2. The van der Waals surface area contributed by atoms with Gasteiger partial charge in [0.25, 0.3) is 0 Å². The molecule has 2 N–H and O–H groups in total. The first-order chi connectivity index (χ1) is 13.5. The number of methoxy groups -OCH3 is 2. The first-order valence-electron chi connectivity index (χ1n) is 9.00. The van der Waals surface area contributed by atoms with Crippen molar-refractivity contribution in [1.82, 2.24) is 15.5 Å². The van der Waals surface area contributed by atoms with Crippen molar-refractivity contribution in [3.8, 4) is 11.5 Å². The Hall–Kier alpha value is -3.22. The molecule has 0 atom stereocenters. The number of guanidine groups is 1. The normalized spacial score (nSPS) is 10.9. The van der Waals surface area contributed by atoms with Gasteiger partial charge in [0.15, 0.2) is 5.96 Å². The predicted molar refractivity (Wildman–Crippen MR) is 111 cm³/mol. The van der Waals surface area contributed by atoms with Gasteiger partial charge < -0.3 is 25.0 Å². The van der Waals surface area contributed by atoms with Crippen LogP contribution in [0.15, 0.2) is 53.5 Å². The molecule has 0 heterocycles. The van der Waals surface area contributed by atoms with E-state index in [2.05, 4.69) is 15.6 Å². The zero-order valence-electron chi connectivity index (χ0n) is 16.9. The minimum absolute atomic E-state index is 0.0275. The van der Waals surface area contributed by atoms with Crippen LogP contribution in [-0.4, -0.2) is 51.6 Å². The molecule has 0 saturated heterocycles. The van der Waals surface area contributed by atoms with E-state index in [1.54, 1.807) is 28.3 Å². The molecule has 0 spiro atoms. The first-order valence-corrected chi connectivity index (χ1v) is 9.00. The van der Waals surface area contributed by atoms with Crippen LogP contribution in [0.25, 0.3) is 0 Å². The molecule has 2 aromatic rings. The summed E-state index contributed by atoms with van der Waals surface area (Å²) in [6.07, 6.45) is 0. The lowest BCUT2D eigenvalue weighted by atomic mass is 10.2. The third-order valence-corrected chi connectivity index (χ3v) is 4.08. The van der Waals surface area contributed by atoms with Gasteiger partial charge >= 0.3 is 0 Å². The summed E-state index contributed by atoms with van der Waals surface area (Å²) in [5, 5.41) is 6.35. The largest absolute Gasteiger partial charge is 0.497 e. The van der Waals surface area contributed by atoms with Crippen molar-refractivity contribution >= 4 is 11.9 Å². The fraction of sp³-hybridized carbons (Fsp3) is 0.333. The maximum atomic E-state index is 11.9. The van der Waals surface area contributed by atoms with Crippen LogP contribution in [0, 0.1) is 0 Å². The number of hydrogen-bond acceptors (Lipinski definition) is 4. The number of carbonyl (C=O) groups excluding carboxylic acids is 1. The monoisotopic (exact) mass is 384 g/mol. The van der Waals surface area contributed by atoms with Crippen LogP contribution in [0.2, 0.25) is 0 Å². The van der Waals surface area contributed by atoms with Gasteiger partial charge in [-0.25, -0.2) is 4.99 Å². The molecule has 28 heavy (non-hydrogen) atoms. The fourth-order valence-electron chi connectivity index (χ4n) is 2.36. The molecule has 2 rings (SSSR count). The number of nitrogens with zero attached hydrogens (tertiary/aromatic N) is 2. The van der Waals surface area contributed by atoms with Gasteiger partial charge in [0, 0.05) is 20.6 Å². The highest BCUT2D eigenvalue weighted by atomic mass is 16.5. The molecule has 0 aliphatic carbocycles. The molecule has 0 saturated carbocycles. The molecule has 7 heteroatoms. The summed E-state index contributed by atoms with van der Waals surface area (Å²) in [6, 6.07) is 15.5. The van der Waals surface area contributed by atoms with E-state index < -0.39 is 0 Å². The number of carbonyl (C=O) groups is 1. The molecule has 0 unspecified atom stereocenters. The Balaban J connectivity index is 2.04. The van der Waals surface area contributed by atoms with Gasteiger partial charge in [-0.05, 0) is 35.4 Å². The summed E-state index contributed by atoms with van der Waals surface area (Å²) in [7, 11) is 6.73. The molecule has 2 aromatic carbocycles. The average Bonchev–Trinajstić information content (AvgIpc) is 2.73. The molecule has 0 aliphatic heterocycles. The van der Waals surface area contributed by atoms with Crippen LogP contribution < -0.4 is 20.1 Å². The molecule has 0 radical (unpaired) electrons. The zero-order chi connectivity index (χ0) is 20.4. The number of amides is 1. The smallest absolute Gasteiger partial charge is 0.241 e. The van der Waals surface area contributed by atoms with E-state index in [4.69, 9.17) is 9.47 Å². The predicted octanol–water partition coefficient (Wildman–Crippen LogP) is 2.03. The lowest BCUT2D eigenvalue weighted by Gasteiger charge is -2.15. The molecular weight excluding hydrogens is 356 g/mol. The van der Waals surface area contributed by atoms with Crippen LogP contribution in [-0.2, 0) is 17.9 Å². The van der Waals surface area contributed by atoms with Gasteiger partial charge in [-0.15, -0.1) is 0 Å². The molecule has 0 aromatic heterocycles. The van der Waals surface area contributed by atoms with Crippen molar-refractivity contribution in [1.29, 1.82) is 0 Å². The highest BCUT2D eigenvalue weighted by Crippen LogP contribution is 2.13. The highest BCUT2D eigenvalue weighted by Gasteiger charge is 2.06. The summed E-state index contributed by atoms with van der Waals surface area (Å²) in [5.41, 5.74) is 2.10. The second kappa shape index (κ2) is 10.8. The van der Waals surface area contributed by atoms with E-state index in [0.717, 1.165) is 22.6 Å². The van der Waals surface area contributed by atoms with Gasteiger partial charge in [-0.1, -0.05) is 24.3 Å². The van der Waals surface area contributed by atoms with Crippen molar-refractivity contribution in [2.75, 3.05) is 34.9 Å². The minimum atomic E-state index is -0.0275. The molecule has 1 amide bonds. The van der Waals surface area contributed by atoms with Crippen molar-refractivity contribution in [3.63, 3.8) is 0 Å². The van der Waals surface area contributed by atoms with Gasteiger partial charge in [-0.2, -0.15) is 0 Å². The maximum Gasteiger partial charge on any atom is 0.241 e. The van der Waals surface area contributed by atoms with Crippen molar-refractivity contribution in [3.05, 3.63) is 59.7 Å². The summed E-state index contributed by atoms with van der Waals surface area (Å²) in [5.74, 6) is 2.13. The second-order valence-electron chi connectivity index (χ2n) is 6.36. The van der Waals surface area contributed by atoms with Crippen LogP contribution in [0.3, 0.4) is 0 Å². The van der Waals surface area contributed by atoms with E-state index in [0.29, 0.717) is 19.0 Å². The second-order valence-corrected chi connectivity index (χ2v) is 6.36. The maximum absolute atomic E-state index is 11.9. The van der Waals surface area contributed by atoms with E-state index in [1.165, 1.54) is 4.90 Å². The summed E-state index contributed by atoms with van der Waals surface area (Å²) in [6.45, 7) is 1.20. The Morgan fingerprint density at radius 1 is 0.964 bits per heavy atom. The zero-order valence-corrected chi connectivity index (χ0v) is 16.9.